The van der Waals surface area contributed by atoms with Crippen molar-refractivity contribution in [2.45, 2.75) is 19.9 Å². The van der Waals surface area contributed by atoms with Gasteiger partial charge < -0.3 is 15.0 Å². The van der Waals surface area contributed by atoms with Gasteiger partial charge in [-0.15, -0.1) is 0 Å². The number of aromatic nitrogens is 1. The molecule has 5 nitrogen and oxygen atoms in total. The first kappa shape index (κ1) is 16.7. The first-order valence-electron chi connectivity index (χ1n) is 7.90. The number of aromatic carboxylic acids is 1. The monoisotopic (exact) mass is 340 g/mol. The Morgan fingerprint density at radius 1 is 1.12 bits per heavy atom. The molecule has 0 saturated carbocycles. The topological polar surface area (TPSA) is 71.3 Å². The molecular weight excluding hydrogens is 323 g/mol. The molecule has 0 aliphatic heterocycles. The molecule has 1 amide bonds. The van der Waals surface area contributed by atoms with Crippen molar-refractivity contribution in [1.82, 2.24) is 4.57 Å². The van der Waals surface area contributed by atoms with Gasteiger partial charge in [0.25, 0.3) is 0 Å². The van der Waals surface area contributed by atoms with E-state index in [2.05, 4.69) is 5.32 Å². The van der Waals surface area contributed by atoms with Gasteiger partial charge in [0.15, 0.2) is 0 Å². The molecule has 0 spiro atoms. The lowest BCUT2D eigenvalue weighted by molar-refractivity contribution is -0.115. The fourth-order valence-electron chi connectivity index (χ4n) is 3.03. The SMILES string of the molecule is CCn1c(C(=O)O)c(CC(=O)Nc2ccc(F)cc2)c2ccccc21. The molecule has 2 aromatic carbocycles. The summed E-state index contributed by atoms with van der Waals surface area (Å²) in [6.07, 6.45) is -0.0769. The van der Waals surface area contributed by atoms with E-state index in [1.54, 1.807) is 4.57 Å². The Balaban J connectivity index is 1.97. The van der Waals surface area contributed by atoms with Crippen LogP contribution in [0.4, 0.5) is 10.1 Å². The van der Waals surface area contributed by atoms with Gasteiger partial charge in [-0.25, -0.2) is 9.18 Å². The van der Waals surface area contributed by atoms with E-state index >= 15 is 0 Å². The number of hydrogen-bond donors (Lipinski definition) is 2. The normalized spacial score (nSPS) is 10.8. The van der Waals surface area contributed by atoms with Crippen LogP contribution in [0.25, 0.3) is 10.9 Å². The number of carbonyl (C=O) groups excluding carboxylic acids is 1. The standard InChI is InChI=1S/C19H17FN2O3/c1-2-22-16-6-4-3-5-14(16)15(18(22)19(24)25)11-17(23)21-13-9-7-12(20)8-10-13/h3-10H,2,11H2,1H3,(H,21,23)(H,24,25). The van der Waals surface area contributed by atoms with Crippen LogP contribution in [0.5, 0.6) is 0 Å². The van der Waals surface area contributed by atoms with Gasteiger partial charge in [0.1, 0.15) is 11.5 Å². The number of anilines is 1. The van der Waals surface area contributed by atoms with E-state index in [0.717, 1.165) is 10.9 Å². The fraction of sp³-hybridized carbons (Fsp3) is 0.158. The maximum atomic E-state index is 12.9. The average molecular weight is 340 g/mol. The van der Waals surface area contributed by atoms with E-state index in [-0.39, 0.29) is 18.0 Å². The number of hydrogen-bond acceptors (Lipinski definition) is 2. The minimum Gasteiger partial charge on any atom is -0.477 e. The van der Waals surface area contributed by atoms with Crippen molar-refractivity contribution in [3.63, 3.8) is 0 Å². The Bertz CT molecular complexity index is 945. The second-order valence-electron chi connectivity index (χ2n) is 5.63. The summed E-state index contributed by atoms with van der Waals surface area (Å²) in [4.78, 5) is 24.1. The molecule has 25 heavy (non-hydrogen) atoms. The zero-order chi connectivity index (χ0) is 18.0. The molecule has 0 saturated heterocycles. The smallest absolute Gasteiger partial charge is 0.352 e. The van der Waals surface area contributed by atoms with Crippen molar-refractivity contribution >= 4 is 28.5 Å². The van der Waals surface area contributed by atoms with Crippen LogP contribution in [-0.2, 0) is 17.8 Å². The minimum atomic E-state index is -1.07. The summed E-state index contributed by atoms with van der Waals surface area (Å²) in [5, 5.41) is 13.0. The maximum absolute atomic E-state index is 12.9. The second kappa shape index (κ2) is 6.76. The van der Waals surface area contributed by atoms with Crippen molar-refractivity contribution in [3.8, 4) is 0 Å². The van der Waals surface area contributed by atoms with Gasteiger partial charge in [-0.3, -0.25) is 4.79 Å². The number of carboxylic acids is 1. The zero-order valence-corrected chi connectivity index (χ0v) is 13.6. The van der Waals surface area contributed by atoms with Crippen LogP contribution >= 0.6 is 0 Å². The van der Waals surface area contributed by atoms with Gasteiger partial charge in [-0.1, -0.05) is 18.2 Å². The third kappa shape index (κ3) is 3.24. The molecule has 1 aromatic heterocycles. The summed E-state index contributed by atoms with van der Waals surface area (Å²) in [5.41, 5.74) is 1.84. The van der Waals surface area contributed by atoms with Gasteiger partial charge in [-0.2, -0.15) is 0 Å². The van der Waals surface area contributed by atoms with E-state index in [9.17, 15) is 19.1 Å². The molecule has 6 heteroatoms. The number of carboxylic acid groups (broad SMARTS) is 1. The summed E-state index contributed by atoms with van der Waals surface area (Å²) in [6, 6.07) is 12.7. The Labute approximate surface area is 143 Å². The highest BCUT2D eigenvalue weighted by Crippen LogP contribution is 2.27. The number of aryl methyl sites for hydroxylation is 1. The molecule has 0 aliphatic rings. The van der Waals surface area contributed by atoms with Crippen LogP contribution < -0.4 is 5.32 Å². The molecule has 0 atom stereocenters. The second-order valence-corrected chi connectivity index (χ2v) is 5.63. The van der Waals surface area contributed by atoms with Crippen molar-refractivity contribution in [2.75, 3.05) is 5.32 Å². The summed E-state index contributed by atoms with van der Waals surface area (Å²) < 4.78 is 14.6. The number of fused-ring (bicyclic) bond motifs is 1. The quantitative estimate of drug-likeness (QED) is 0.744. The lowest BCUT2D eigenvalue weighted by atomic mass is 10.1. The van der Waals surface area contributed by atoms with Crippen LogP contribution in [0.3, 0.4) is 0 Å². The number of benzene rings is 2. The third-order valence-corrected chi connectivity index (χ3v) is 4.06. The molecule has 1 heterocycles. The lowest BCUT2D eigenvalue weighted by Crippen LogP contribution is -2.17. The number of nitrogens with one attached hydrogen (secondary N) is 1. The molecule has 0 bridgehead atoms. The Kier molecular flexibility index (Phi) is 4.52. The van der Waals surface area contributed by atoms with Crippen molar-refractivity contribution in [3.05, 3.63) is 65.6 Å². The highest BCUT2D eigenvalue weighted by atomic mass is 19.1. The summed E-state index contributed by atoms with van der Waals surface area (Å²) >= 11 is 0. The highest BCUT2D eigenvalue weighted by molar-refractivity contribution is 6.02. The third-order valence-electron chi connectivity index (χ3n) is 4.06. The largest absolute Gasteiger partial charge is 0.477 e. The molecule has 0 radical (unpaired) electrons. The predicted octanol–water partition coefficient (Wildman–Crippen LogP) is 3.68. The molecule has 0 aliphatic carbocycles. The molecule has 3 rings (SSSR count). The molecule has 0 fully saturated rings. The first-order chi connectivity index (χ1) is 12.0. The number of carbonyl (C=O) groups is 2. The van der Waals surface area contributed by atoms with Crippen LogP contribution in [-0.4, -0.2) is 21.6 Å². The minimum absolute atomic E-state index is 0.0769. The molecule has 3 aromatic rings. The molecular formula is C19H17FN2O3. The molecule has 2 N–H and O–H groups in total. The zero-order valence-electron chi connectivity index (χ0n) is 13.6. The lowest BCUT2D eigenvalue weighted by Gasteiger charge is -2.07. The maximum Gasteiger partial charge on any atom is 0.352 e. The summed E-state index contributed by atoms with van der Waals surface area (Å²) in [5.74, 6) is -1.81. The van der Waals surface area contributed by atoms with Crippen molar-refractivity contribution < 1.29 is 19.1 Å². The van der Waals surface area contributed by atoms with Gasteiger partial charge in [0, 0.05) is 28.7 Å². The Morgan fingerprint density at radius 3 is 2.44 bits per heavy atom. The van der Waals surface area contributed by atoms with Gasteiger partial charge in [0.2, 0.25) is 5.91 Å². The summed E-state index contributed by atoms with van der Waals surface area (Å²) in [7, 11) is 0. The van der Waals surface area contributed by atoms with Gasteiger partial charge >= 0.3 is 5.97 Å². The van der Waals surface area contributed by atoms with E-state index in [1.165, 1.54) is 24.3 Å². The summed E-state index contributed by atoms with van der Waals surface area (Å²) in [6.45, 7) is 2.35. The van der Waals surface area contributed by atoms with E-state index in [4.69, 9.17) is 0 Å². The number of amides is 1. The number of nitrogens with zero attached hydrogens (tertiary/aromatic N) is 1. The van der Waals surface area contributed by atoms with Crippen molar-refractivity contribution in [2.24, 2.45) is 0 Å². The number of halogens is 1. The number of rotatable bonds is 5. The Hall–Kier alpha value is -3.15. The van der Waals surface area contributed by atoms with E-state index < -0.39 is 11.8 Å². The first-order valence-corrected chi connectivity index (χ1v) is 7.90. The number of para-hydroxylation sites is 1. The average Bonchev–Trinajstić information content (AvgIpc) is 2.91. The van der Waals surface area contributed by atoms with Gasteiger partial charge in [0.05, 0.1) is 6.42 Å². The predicted molar refractivity (Wildman–Crippen MR) is 93.3 cm³/mol. The van der Waals surface area contributed by atoms with Crippen LogP contribution in [0, 0.1) is 5.82 Å². The van der Waals surface area contributed by atoms with Crippen molar-refractivity contribution in [1.29, 1.82) is 0 Å². The van der Waals surface area contributed by atoms with Gasteiger partial charge in [-0.05, 0) is 37.3 Å². The van der Waals surface area contributed by atoms with E-state index in [1.807, 2.05) is 31.2 Å². The Morgan fingerprint density at radius 2 is 1.80 bits per heavy atom. The fourth-order valence-corrected chi connectivity index (χ4v) is 3.03. The van der Waals surface area contributed by atoms with E-state index in [0.29, 0.717) is 17.8 Å². The highest BCUT2D eigenvalue weighted by Gasteiger charge is 2.23. The van der Waals surface area contributed by atoms with Crippen LogP contribution in [0.2, 0.25) is 0 Å². The molecule has 128 valence electrons. The van der Waals surface area contributed by atoms with Crippen LogP contribution in [0.1, 0.15) is 23.0 Å². The van der Waals surface area contributed by atoms with Crippen LogP contribution in [0.15, 0.2) is 48.5 Å². The molecule has 0 unspecified atom stereocenters.